The third kappa shape index (κ3) is 5.66. The zero-order valence-electron chi connectivity index (χ0n) is 13.9. The van der Waals surface area contributed by atoms with Crippen molar-refractivity contribution < 1.29 is 19.5 Å². The molecule has 3 atom stereocenters. The molecule has 3 N–H and O–H groups in total. The summed E-state index contributed by atoms with van der Waals surface area (Å²) in [7, 11) is 0. The van der Waals surface area contributed by atoms with Crippen molar-refractivity contribution in [3.8, 4) is 0 Å². The molecular weight excluding hydrogens is 284 g/mol. The van der Waals surface area contributed by atoms with Crippen molar-refractivity contribution in [3.05, 3.63) is 0 Å². The molecule has 0 bridgehead atoms. The number of carboxylic acids is 1. The fraction of sp³-hybridized carbons (Fsp3) is 0.812. The molecule has 0 aliphatic heterocycles. The molecule has 6 nitrogen and oxygen atoms in total. The Bertz CT molecular complexity index is 420. The van der Waals surface area contributed by atoms with Crippen LogP contribution in [0.2, 0.25) is 0 Å². The van der Waals surface area contributed by atoms with Crippen molar-refractivity contribution in [1.82, 2.24) is 10.6 Å². The van der Waals surface area contributed by atoms with E-state index in [1.807, 2.05) is 27.7 Å². The molecule has 6 heteroatoms. The van der Waals surface area contributed by atoms with Crippen molar-refractivity contribution in [2.45, 2.75) is 65.5 Å². The summed E-state index contributed by atoms with van der Waals surface area (Å²) in [5.74, 6) is -1.31. The minimum atomic E-state index is -0.803. The number of amides is 2. The third-order valence-corrected chi connectivity index (χ3v) is 3.99. The molecule has 0 spiro atoms. The summed E-state index contributed by atoms with van der Waals surface area (Å²) >= 11 is 0. The molecule has 0 heterocycles. The van der Waals surface area contributed by atoms with E-state index < -0.39 is 12.0 Å². The molecule has 126 valence electrons. The Balaban J connectivity index is 2.55. The molecule has 2 amide bonds. The van der Waals surface area contributed by atoms with Gasteiger partial charge < -0.3 is 15.7 Å². The van der Waals surface area contributed by atoms with E-state index in [0.29, 0.717) is 25.7 Å². The maximum Gasteiger partial charge on any atom is 0.306 e. The van der Waals surface area contributed by atoms with Gasteiger partial charge in [-0.3, -0.25) is 14.4 Å². The normalized spacial score (nSPS) is 22.6. The van der Waals surface area contributed by atoms with Gasteiger partial charge in [0.2, 0.25) is 11.8 Å². The number of hydrogen-bond donors (Lipinski definition) is 3. The van der Waals surface area contributed by atoms with Crippen LogP contribution in [0.5, 0.6) is 0 Å². The standard InChI is InChI=1S/C16H28N2O4/c1-9(2)7-13(19)18-14(10(3)4)15(20)17-12-6-5-11(8-12)16(21)22/h9-12,14H,5-8H2,1-4H3,(H,17,20)(H,18,19)(H,21,22)/t11-,12+,14?/m1/s1. The molecule has 22 heavy (non-hydrogen) atoms. The first-order valence-corrected chi connectivity index (χ1v) is 8.03. The average Bonchev–Trinajstić information content (AvgIpc) is 2.83. The van der Waals surface area contributed by atoms with E-state index in [9.17, 15) is 14.4 Å². The van der Waals surface area contributed by atoms with E-state index in [1.54, 1.807) is 0 Å². The second-order valence-electron chi connectivity index (χ2n) is 6.94. The zero-order valence-corrected chi connectivity index (χ0v) is 13.9. The van der Waals surface area contributed by atoms with Crippen molar-refractivity contribution in [3.63, 3.8) is 0 Å². The van der Waals surface area contributed by atoms with Gasteiger partial charge in [-0.2, -0.15) is 0 Å². The van der Waals surface area contributed by atoms with Crippen molar-refractivity contribution in [1.29, 1.82) is 0 Å². The largest absolute Gasteiger partial charge is 0.481 e. The molecule has 1 aliphatic rings. The van der Waals surface area contributed by atoms with Gasteiger partial charge in [0.15, 0.2) is 0 Å². The number of rotatable bonds is 7. The minimum absolute atomic E-state index is 0.0206. The molecule has 1 saturated carbocycles. The molecule has 1 unspecified atom stereocenters. The molecule has 0 saturated heterocycles. The van der Waals surface area contributed by atoms with Crippen molar-refractivity contribution in [2.75, 3.05) is 0 Å². The highest BCUT2D eigenvalue weighted by Gasteiger charge is 2.33. The summed E-state index contributed by atoms with van der Waals surface area (Å²) in [5, 5.41) is 14.7. The van der Waals surface area contributed by atoms with Crippen LogP contribution in [0, 0.1) is 17.8 Å². The molecule has 1 aliphatic carbocycles. The smallest absolute Gasteiger partial charge is 0.306 e. The Labute approximate surface area is 132 Å². The summed E-state index contributed by atoms with van der Waals surface area (Å²) in [4.78, 5) is 35.2. The SMILES string of the molecule is CC(C)CC(=O)NC(C(=O)N[C@H]1CC[C@@H](C(=O)O)C1)C(C)C. The fourth-order valence-corrected chi connectivity index (χ4v) is 2.77. The summed E-state index contributed by atoms with van der Waals surface area (Å²) in [6.45, 7) is 7.67. The number of carbonyl (C=O) groups is 3. The fourth-order valence-electron chi connectivity index (χ4n) is 2.77. The average molecular weight is 312 g/mol. The van der Waals surface area contributed by atoms with Crippen LogP contribution in [0.4, 0.5) is 0 Å². The van der Waals surface area contributed by atoms with Crippen LogP contribution in [0.3, 0.4) is 0 Å². The highest BCUT2D eigenvalue weighted by Crippen LogP contribution is 2.25. The van der Waals surface area contributed by atoms with Crippen LogP contribution in [-0.2, 0) is 14.4 Å². The quantitative estimate of drug-likeness (QED) is 0.664. The summed E-state index contributed by atoms with van der Waals surface area (Å²) in [5.41, 5.74) is 0. The lowest BCUT2D eigenvalue weighted by Crippen LogP contribution is -2.51. The lowest BCUT2D eigenvalue weighted by atomic mass is 10.0. The first kappa shape index (κ1) is 18.5. The Morgan fingerprint density at radius 1 is 1.14 bits per heavy atom. The molecular formula is C16H28N2O4. The first-order chi connectivity index (χ1) is 10.2. The molecule has 1 fully saturated rings. The van der Waals surface area contributed by atoms with Gasteiger partial charge >= 0.3 is 5.97 Å². The van der Waals surface area contributed by atoms with Crippen LogP contribution in [0.1, 0.15) is 53.4 Å². The van der Waals surface area contributed by atoms with Gasteiger partial charge in [-0.05, 0) is 31.1 Å². The lowest BCUT2D eigenvalue weighted by Gasteiger charge is -2.24. The topological polar surface area (TPSA) is 95.5 Å². The van der Waals surface area contributed by atoms with E-state index in [2.05, 4.69) is 10.6 Å². The maximum atomic E-state index is 12.4. The minimum Gasteiger partial charge on any atom is -0.481 e. The van der Waals surface area contributed by atoms with Gasteiger partial charge in [-0.15, -0.1) is 0 Å². The van der Waals surface area contributed by atoms with E-state index in [-0.39, 0.29) is 35.6 Å². The van der Waals surface area contributed by atoms with Crippen molar-refractivity contribution >= 4 is 17.8 Å². The monoisotopic (exact) mass is 312 g/mol. The Kier molecular flexibility index (Phi) is 6.84. The molecule has 0 radical (unpaired) electrons. The Morgan fingerprint density at radius 3 is 2.23 bits per heavy atom. The van der Waals surface area contributed by atoms with Gasteiger partial charge in [0.05, 0.1) is 5.92 Å². The number of carboxylic acid groups (broad SMARTS) is 1. The molecule has 0 aromatic rings. The van der Waals surface area contributed by atoms with Crippen LogP contribution >= 0.6 is 0 Å². The number of hydrogen-bond acceptors (Lipinski definition) is 3. The predicted molar refractivity (Wildman–Crippen MR) is 83.1 cm³/mol. The highest BCUT2D eigenvalue weighted by molar-refractivity contribution is 5.88. The van der Waals surface area contributed by atoms with Crippen LogP contribution in [-0.4, -0.2) is 35.0 Å². The Hall–Kier alpha value is -1.59. The number of nitrogens with one attached hydrogen (secondary N) is 2. The van der Waals surface area contributed by atoms with Gasteiger partial charge in [0, 0.05) is 12.5 Å². The summed E-state index contributed by atoms with van der Waals surface area (Å²) < 4.78 is 0. The van der Waals surface area contributed by atoms with Crippen LogP contribution < -0.4 is 10.6 Å². The van der Waals surface area contributed by atoms with Crippen molar-refractivity contribution in [2.24, 2.45) is 17.8 Å². The van der Waals surface area contributed by atoms with E-state index >= 15 is 0 Å². The van der Waals surface area contributed by atoms with Gasteiger partial charge in [-0.1, -0.05) is 27.7 Å². The lowest BCUT2D eigenvalue weighted by molar-refractivity contribution is -0.141. The first-order valence-electron chi connectivity index (χ1n) is 8.03. The molecule has 0 aromatic carbocycles. The number of carbonyl (C=O) groups excluding carboxylic acids is 2. The third-order valence-electron chi connectivity index (χ3n) is 3.99. The van der Waals surface area contributed by atoms with Gasteiger partial charge in [0.25, 0.3) is 0 Å². The second-order valence-corrected chi connectivity index (χ2v) is 6.94. The van der Waals surface area contributed by atoms with Gasteiger partial charge in [0.1, 0.15) is 6.04 Å². The second kappa shape index (κ2) is 8.15. The molecule has 0 aromatic heterocycles. The van der Waals surface area contributed by atoms with E-state index in [0.717, 1.165) is 0 Å². The highest BCUT2D eigenvalue weighted by atomic mass is 16.4. The molecule has 1 rings (SSSR count). The van der Waals surface area contributed by atoms with E-state index in [4.69, 9.17) is 5.11 Å². The van der Waals surface area contributed by atoms with Crippen LogP contribution in [0.15, 0.2) is 0 Å². The summed E-state index contributed by atoms with van der Waals surface area (Å²) in [6.07, 6.45) is 2.12. The number of aliphatic carboxylic acids is 1. The maximum absolute atomic E-state index is 12.4. The van der Waals surface area contributed by atoms with Crippen LogP contribution in [0.25, 0.3) is 0 Å². The van der Waals surface area contributed by atoms with Gasteiger partial charge in [-0.25, -0.2) is 0 Å². The zero-order chi connectivity index (χ0) is 16.9. The Morgan fingerprint density at radius 2 is 1.77 bits per heavy atom. The predicted octanol–water partition coefficient (Wildman–Crippen LogP) is 1.54. The summed E-state index contributed by atoms with van der Waals surface area (Å²) in [6, 6.07) is -0.688. The van der Waals surface area contributed by atoms with E-state index in [1.165, 1.54) is 0 Å².